The van der Waals surface area contributed by atoms with E-state index in [4.69, 9.17) is 11.6 Å². The third kappa shape index (κ3) is 7.40. The Morgan fingerprint density at radius 1 is 1.04 bits per heavy atom. The molecule has 1 amide bonds. The Balaban J connectivity index is 1.19. The number of carbonyl (C=O) groups excluding carboxylic acids is 1. The van der Waals surface area contributed by atoms with Gasteiger partial charge < -0.3 is 4.90 Å². The molecule has 5 rings (SSSR count). The molecule has 3 saturated heterocycles. The van der Waals surface area contributed by atoms with Crippen LogP contribution >= 0.6 is 11.6 Å². The Kier molecular flexibility index (Phi) is 10.9. The smallest absolute Gasteiger partial charge is 0.257 e. The van der Waals surface area contributed by atoms with Crippen LogP contribution in [0, 0.1) is 19.8 Å². The molecule has 3 aliphatic heterocycles. The van der Waals surface area contributed by atoms with Crippen molar-refractivity contribution in [2.45, 2.75) is 102 Å². The van der Waals surface area contributed by atoms with Gasteiger partial charge in [-0.1, -0.05) is 37.4 Å². The largest absolute Gasteiger partial charge is 0.338 e. The Morgan fingerprint density at radius 2 is 1.71 bits per heavy atom. The van der Waals surface area contributed by atoms with E-state index >= 15 is 0 Å². The first-order valence-electron chi connectivity index (χ1n) is 16.8. The summed E-state index contributed by atoms with van der Waals surface area (Å²) in [4.78, 5) is 29.6. The van der Waals surface area contributed by atoms with Crippen molar-refractivity contribution in [3.8, 4) is 0 Å². The summed E-state index contributed by atoms with van der Waals surface area (Å²) in [5.41, 5.74) is 2.20. The second-order valence-corrected chi connectivity index (χ2v) is 16.0. The first-order chi connectivity index (χ1) is 21.4. The molecule has 0 N–H and O–H groups in total. The summed E-state index contributed by atoms with van der Waals surface area (Å²) in [7, 11) is -3.54. The highest BCUT2D eigenvalue weighted by atomic mass is 35.5. The zero-order valence-electron chi connectivity index (χ0n) is 27.7. The van der Waals surface area contributed by atoms with Crippen molar-refractivity contribution in [3.63, 3.8) is 0 Å². The van der Waals surface area contributed by atoms with Crippen LogP contribution in [0.25, 0.3) is 0 Å². The SMILES string of the molecule is CCCC[C@@H](C1CCN(S(=O)(=O)c2cccc(Cl)c2)CC1)N1CCN(C2(C)CCN(C(=O)c3c(C)ncnc3C)CC2)C[C@@H]1C. The van der Waals surface area contributed by atoms with Gasteiger partial charge in [-0.15, -0.1) is 0 Å². The first kappa shape index (κ1) is 34.2. The molecule has 45 heavy (non-hydrogen) atoms. The highest BCUT2D eigenvalue weighted by molar-refractivity contribution is 7.89. The van der Waals surface area contributed by atoms with Crippen molar-refractivity contribution in [3.05, 3.63) is 52.6 Å². The molecular weight excluding hydrogens is 608 g/mol. The van der Waals surface area contributed by atoms with Crippen molar-refractivity contribution in [2.75, 3.05) is 45.8 Å². The molecule has 9 nitrogen and oxygen atoms in total. The average molecular weight is 659 g/mol. The Morgan fingerprint density at radius 3 is 2.31 bits per heavy atom. The number of benzene rings is 1. The Labute approximate surface area is 275 Å². The number of halogens is 1. The van der Waals surface area contributed by atoms with Crippen LogP contribution in [0.5, 0.6) is 0 Å². The van der Waals surface area contributed by atoms with E-state index < -0.39 is 10.0 Å². The van der Waals surface area contributed by atoms with Gasteiger partial charge in [0.05, 0.1) is 21.8 Å². The number of aryl methyl sites for hydroxylation is 2. The highest BCUT2D eigenvalue weighted by Gasteiger charge is 2.43. The number of piperidine rings is 2. The van der Waals surface area contributed by atoms with E-state index in [1.165, 1.54) is 12.7 Å². The Hall–Kier alpha value is -2.11. The number of hydrogen-bond acceptors (Lipinski definition) is 7. The monoisotopic (exact) mass is 658 g/mol. The van der Waals surface area contributed by atoms with Crippen molar-refractivity contribution in [1.82, 2.24) is 29.0 Å². The molecule has 0 saturated carbocycles. The summed E-state index contributed by atoms with van der Waals surface area (Å²) in [5, 5.41) is 0.444. The third-order valence-electron chi connectivity index (χ3n) is 10.8. The Bertz CT molecular complexity index is 1420. The summed E-state index contributed by atoms with van der Waals surface area (Å²) in [6.45, 7) is 16.4. The maximum absolute atomic E-state index is 13.4. The topological polar surface area (TPSA) is 90.0 Å². The van der Waals surface area contributed by atoms with Gasteiger partial charge in [-0.2, -0.15) is 4.31 Å². The van der Waals surface area contributed by atoms with Crippen molar-refractivity contribution in [1.29, 1.82) is 0 Å². The van der Waals surface area contributed by atoms with E-state index in [9.17, 15) is 13.2 Å². The van der Waals surface area contributed by atoms with Crippen molar-refractivity contribution in [2.24, 2.45) is 5.92 Å². The molecule has 1 aromatic heterocycles. The van der Waals surface area contributed by atoms with Crippen molar-refractivity contribution < 1.29 is 13.2 Å². The third-order valence-corrected chi connectivity index (χ3v) is 12.9. The number of rotatable bonds is 9. The maximum atomic E-state index is 13.4. The predicted molar refractivity (Wildman–Crippen MR) is 179 cm³/mol. The normalized spacial score (nSPS) is 23.2. The molecule has 0 bridgehead atoms. The molecule has 248 valence electrons. The van der Waals surface area contributed by atoms with Gasteiger partial charge in [0.15, 0.2) is 0 Å². The van der Waals surface area contributed by atoms with Gasteiger partial charge in [0.2, 0.25) is 10.0 Å². The van der Waals surface area contributed by atoms with Crippen LogP contribution in [0.2, 0.25) is 5.02 Å². The van der Waals surface area contributed by atoms with Gasteiger partial charge >= 0.3 is 0 Å². The number of piperazine rings is 1. The molecule has 1 aromatic carbocycles. The summed E-state index contributed by atoms with van der Waals surface area (Å²) in [6, 6.07) is 7.48. The van der Waals surface area contributed by atoms with Crippen LogP contribution < -0.4 is 0 Å². The molecule has 3 aliphatic rings. The molecule has 0 unspecified atom stereocenters. The van der Waals surface area contributed by atoms with E-state index in [0.717, 1.165) is 82.6 Å². The number of sulfonamides is 1. The van der Waals surface area contributed by atoms with Gasteiger partial charge in [0, 0.05) is 68.5 Å². The average Bonchev–Trinajstić information content (AvgIpc) is 3.02. The first-order valence-corrected chi connectivity index (χ1v) is 18.6. The second kappa shape index (κ2) is 14.3. The number of unbranched alkanes of at least 4 members (excludes halogenated alkanes) is 1. The zero-order valence-corrected chi connectivity index (χ0v) is 29.3. The van der Waals surface area contributed by atoms with Gasteiger partial charge in [-0.3, -0.25) is 14.6 Å². The number of nitrogens with zero attached hydrogens (tertiary/aromatic N) is 6. The number of amides is 1. The fourth-order valence-electron chi connectivity index (χ4n) is 7.89. The van der Waals surface area contributed by atoms with Crippen molar-refractivity contribution >= 4 is 27.5 Å². The van der Waals surface area contributed by atoms with Gasteiger partial charge in [0.25, 0.3) is 5.91 Å². The van der Waals surface area contributed by atoms with Gasteiger partial charge in [-0.05, 0) is 83.9 Å². The van der Waals surface area contributed by atoms with E-state index in [-0.39, 0.29) is 16.3 Å². The fourth-order valence-corrected chi connectivity index (χ4v) is 9.66. The van der Waals surface area contributed by atoms with E-state index in [2.05, 4.69) is 40.5 Å². The second-order valence-electron chi connectivity index (χ2n) is 13.6. The molecular formula is C34H51ClN6O3S. The maximum Gasteiger partial charge on any atom is 0.257 e. The summed E-state index contributed by atoms with van der Waals surface area (Å²) < 4.78 is 28.3. The van der Waals surface area contributed by atoms with Crippen LogP contribution in [0.15, 0.2) is 35.5 Å². The molecule has 2 atom stereocenters. The van der Waals surface area contributed by atoms with E-state index in [1.807, 2.05) is 18.7 Å². The molecule has 2 aromatic rings. The van der Waals surface area contributed by atoms with Gasteiger partial charge in [-0.25, -0.2) is 18.4 Å². The number of carbonyl (C=O) groups is 1. The standard InChI is InChI=1S/C34H51ClN6O3S/c1-6-7-11-31(28-12-16-40(17-13-28)45(43,44)30-10-8-9-29(35)22-30)41-21-20-39(23-25(41)2)34(5)14-18-38(19-15-34)33(42)32-26(3)36-24-37-27(32)4/h8-10,22,24-25,28,31H,6-7,11-21,23H2,1-5H3/t25-,31-/m0/s1. The molecule has 11 heteroatoms. The summed E-state index contributed by atoms with van der Waals surface area (Å²) in [6.07, 6.45) is 8.70. The number of likely N-dealkylation sites (tertiary alicyclic amines) is 1. The van der Waals surface area contributed by atoms with Crippen LogP contribution in [0.3, 0.4) is 0 Å². The minimum Gasteiger partial charge on any atom is -0.338 e. The molecule has 0 spiro atoms. The van der Waals surface area contributed by atoms with Gasteiger partial charge in [0.1, 0.15) is 6.33 Å². The lowest BCUT2D eigenvalue weighted by atomic mass is 9.83. The van der Waals surface area contributed by atoms with Crippen LogP contribution in [0.1, 0.15) is 87.5 Å². The van der Waals surface area contributed by atoms with Crippen LogP contribution in [-0.4, -0.2) is 107 Å². The summed E-state index contributed by atoms with van der Waals surface area (Å²) >= 11 is 6.11. The van der Waals surface area contributed by atoms with E-state index in [1.54, 1.807) is 28.6 Å². The van der Waals surface area contributed by atoms with E-state index in [0.29, 0.717) is 41.7 Å². The lowest BCUT2D eigenvalue weighted by Gasteiger charge is -2.54. The fraction of sp³-hybridized carbons (Fsp3) is 0.676. The number of hydrogen-bond donors (Lipinski definition) is 0. The summed E-state index contributed by atoms with van der Waals surface area (Å²) in [5.74, 6) is 0.533. The molecule has 4 heterocycles. The number of aromatic nitrogens is 2. The van der Waals surface area contributed by atoms with Crippen LogP contribution in [-0.2, 0) is 10.0 Å². The molecule has 0 radical (unpaired) electrons. The molecule has 3 fully saturated rings. The zero-order chi connectivity index (χ0) is 32.4. The minimum atomic E-state index is -3.54. The predicted octanol–water partition coefficient (Wildman–Crippen LogP) is 5.41. The quantitative estimate of drug-likeness (QED) is 0.356. The minimum absolute atomic E-state index is 0.0519. The lowest BCUT2D eigenvalue weighted by Crippen LogP contribution is -2.64. The highest BCUT2D eigenvalue weighted by Crippen LogP contribution is 2.36. The lowest BCUT2D eigenvalue weighted by molar-refractivity contribution is -0.0431. The van der Waals surface area contributed by atoms with Crippen LogP contribution in [0.4, 0.5) is 0 Å². The molecule has 0 aliphatic carbocycles.